The van der Waals surface area contributed by atoms with E-state index in [0.29, 0.717) is 30.3 Å². The predicted molar refractivity (Wildman–Crippen MR) is 88.1 cm³/mol. The molecule has 0 saturated carbocycles. The van der Waals surface area contributed by atoms with Gasteiger partial charge in [0.05, 0.1) is 12.7 Å². The number of nitrogens with zero attached hydrogens (tertiary/aromatic N) is 1. The van der Waals surface area contributed by atoms with E-state index in [-0.39, 0.29) is 18.2 Å². The second-order valence-electron chi connectivity index (χ2n) is 5.73. The molecular weight excluding hydrogens is 296 g/mol. The zero-order valence-corrected chi connectivity index (χ0v) is 14.1. The summed E-state index contributed by atoms with van der Waals surface area (Å²) in [6.07, 6.45) is 0.227. The molecule has 6 heteroatoms. The van der Waals surface area contributed by atoms with Gasteiger partial charge in [0, 0.05) is 32.1 Å². The smallest absolute Gasteiger partial charge is 0.337 e. The maximum Gasteiger partial charge on any atom is 0.337 e. The average molecular weight is 320 g/mol. The number of esters is 1. The number of hydrogen-bond donors (Lipinski definition) is 1. The monoisotopic (exact) mass is 320 g/mol. The number of benzene rings is 1. The number of carbonyl (C=O) groups excluding carboxylic acids is 3. The molecule has 0 aliphatic heterocycles. The van der Waals surface area contributed by atoms with Gasteiger partial charge in [-0.1, -0.05) is 13.8 Å². The number of ether oxygens (including phenoxy) is 1. The molecule has 0 aromatic heterocycles. The number of amides is 2. The van der Waals surface area contributed by atoms with Gasteiger partial charge in [0.15, 0.2) is 0 Å². The van der Waals surface area contributed by atoms with Gasteiger partial charge in [0.1, 0.15) is 0 Å². The SMILES string of the molecule is COC(=O)c1ccc(NC(=O)CCN(CC(C)C)C(C)=O)cc1. The van der Waals surface area contributed by atoms with E-state index in [9.17, 15) is 14.4 Å². The molecule has 1 aromatic rings. The first-order valence-corrected chi connectivity index (χ1v) is 7.57. The minimum atomic E-state index is -0.423. The van der Waals surface area contributed by atoms with Crippen LogP contribution in [-0.2, 0) is 14.3 Å². The molecule has 6 nitrogen and oxygen atoms in total. The van der Waals surface area contributed by atoms with Gasteiger partial charge in [0.2, 0.25) is 11.8 Å². The van der Waals surface area contributed by atoms with E-state index in [1.165, 1.54) is 14.0 Å². The summed E-state index contributed by atoms with van der Waals surface area (Å²) in [6, 6.07) is 6.45. The minimum absolute atomic E-state index is 0.0334. The van der Waals surface area contributed by atoms with Crippen molar-refractivity contribution in [2.75, 3.05) is 25.5 Å². The number of carbonyl (C=O) groups is 3. The van der Waals surface area contributed by atoms with E-state index < -0.39 is 5.97 Å². The molecule has 126 valence electrons. The Morgan fingerprint density at radius 1 is 1.17 bits per heavy atom. The Labute approximate surface area is 136 Å². The van der Waals surface area contributed by atoms with Gasteiger partial charge in [-0.2, -0.15) is 0 Å². The van der Waals surface area contributed by atoms with Gasteiger partial charge in [-0.3, -0.25) is 9.59 Å². The highest BCUT2D eigenvalue weighted by atomic mass is 16.5. The lowest BCUT2D eigenvalue weighted by Gasteiger charge is -2.22. The molecule has 2 amide bonds. The van der Waals surface area contributed by atoms with Crippen molar-refractivity contribution in [1.82, 2.24) is 4.90 Å². The molecule has 1 aromatic carbocycles. The van der Waals surface area contributed by atoms with E-state index in [1.54, 1.807) is 29.2 Å². The van der Waals surface area contributed by atoms with E-state index in [0.717, 1.165) is 0 Å². The fraction of sp³-hybridized carbons (Fsp3) is 0.471. The van der Waals surface area contributed by atoms with Gasteiger partial charge < -0.3 is 15.0 Å². The number of nitrogens with one attached hydrogen (secondary N) is 1. The van der Waals surface area contributed by atoms with Crippen molar-refractivity contribution in [3.63, 3.8) is 0 Å². The summed E-state index contributed by atoms with van der Waals surface area (Å²) in [7, 11) is 1.32. The van der Waals surface area contributed by atoms with Gasteiger partial charge in [0.25, 0.3) is 0 Å². The van der Waals surface area contributed by atoms with E-state index in [2.05, 4.69) is 10.1 Å². The summed E-state index contributed by atoms with van der Waals surface area (Å²) in [4.78, 5) is 36.5. The summed E-state index contributed by atoms with van der Waals surface area (Å²) >= 11 is 0. The first-order valence-electron chi connectivity index (χ1n) is 7.57. The average Bonchev–Trinajstić information content (AvgIpc) is 2.50. The lowest BCUT2D eigenvalue weighted by molar-refractivity contribution is -0.129. The Morgan fingerprint density at radius 3 is 2.26 bits per heavy atom. The largest absolute Gasteiger partial charge is 0.465 e. The summed E-state index contributed by atoms with van der Waals surface area (Å²) < 4.78 is 4.61. The molecule has 0 radical (unpaired) electrons. The first-order chi connectivity index (χ1) is 10.8. The van der Waals surface area contributed by atoms with E-state index in [1.807, 2.05) is 13.8 Å². The summed E-state index contributed by atoms with van der Waals surface area (Å²) in [5.74, 6) is -0.277. The Bertz CT molecular complexity index is 552. The van der Waals surface area contributed by atoms with Crippen molar-refractivity contribution in [2.24, 2.45) is 5.92 Å². The minimum Gasteiger partial charge on any atom is -0.465 e. The molecule has 1 N–H and O–H groups in total. The Morgan fingerprint density at radius 2 is 1.78 bits per heavy atom. The Hall–Kier alpha value is -2.37. The molecule has 0 aliphatic rings. The highest BCUT2D eigenvalue weighted by molar-refractivity contribution is 5.93. The number of anilines is 1. The normalized spacial score (nSPS) is 10.3. The third kappa shape index (κ3) is 6.50. The van der Waals surface area contributed by atoms with Crippen molar-refractivity contribution in [1.29, 1.82) is 0 Å². The van der Waals surface area contributed by atoms with Crippen LogP contribution in [0.3, 0.4) is 0 Å². The van der Waals surface area contributed by atoms with Crippen LogP contribution in [-0.4, -0.2) is 42.9 Å². The zero-order chi connectivity index (χ0) is 17.4. The second-order valence-corrected chi connectivity index (χ2v) is 5.73. The Balaban J connectivity index is 2.52. The summed E-state index contributed by atoms with van der Waals surface area (Å²) in [5.41, 5.74) is 1.02. The van der Waals surface area contributed by atoms with Crippen LogP contribution in [0, 0.1) is 5.92 Å². The summed E-state index contributed by atoms with van der Waals surface area (Å²) in [5, 5.41) is 2.74. The number of hydrogen-bond acceptors (Lipinski definition) is 4. The number of methoxy groups -OCH3 is 1. The highest BCUT2D eigenvalue weighted by Crippen LogP contribution is 2.11. The molecule has 0 bridgehead atoms. The Kier molecular flexibility index (Phi) is 7.25. The fourth-order valence-corrected chi connectivity index (χ4v) is 2.09. The molecule has 1 rings (SSSR count). The first kappa shape index (κ1) is 18.7. The molecule has 0 spiro atoms. The van der Waals surface area contributed by atoms with Crippen molar-refractivity contribution < 1.29 is 19.1 Å². The summed E-state index contributed by atoms with van der Waals surface area (Å²) in [6.45, 7) is 6.58. The topological polar surface area (TPSA) is 75.7 Å². The van der Waals surface area contributed by atoms with Crippen molar-refractivity contribution in [3.8, 4) is 0 Å². The maximum absolute atomic E-state index is 12.0. The van der Waals surface area contributed by atoms with Crippen LogP contribution in [0.25, 0.3) is 0 Å². The van der Waals surface area contributed by atoms with Gasteiger partial charge >= 0.3 is 5.97 Å². The molecular formula is C17H24N2O4. The molecule has 0 aliphatic carbocycles. The van der Waals surface area contributed by atoms with Crippen molar-refractivity contribution in [3.05, 3.63) is 29.8 Å². The van der Waals surface area contributed by atoms with Crippen LogP contribution < -0.4 is 5.32 Å². The second kappa shape index (κ2) is 8.92. The third-order valence-corrected chi connectivity index (χ3v) is 3.23. The molecule has 0 heterocycles. The molecule has 0 atom stereocenters. The van der Waals surface area contributed by atoms with Gasteiger partial charge in [-0.15, -0.1) is 0 Å². The zero-order valence-electron chi connectivity index (χ0n) is 14.1. The molecule has 0 unspecified atom stereocenters. The van der Waals surface area contributed by atoms with Crippen LogP contribution in [0.2, 0.25) is 0 Å². The van der Waals surface area contributed by atoms with E-state index in [4.69, 9.17) is 0 Å². The van der Waals surface area contributed by atoms with Crippen LogP contribution >= 0.6 is 0 Å². The van der Waals surface area contributed by atoms with E-state index >= 15 is 0 Å². The number of rotatable bonds is 7. The van der Waals surface area contributed by atoms with Gasteiger partial charge in [-0.25, -0.2) is 4.79 Å². The molecule has 23 heavy (non-hydrogen) atoms. The lowest BCUT2D eigenvalue weighted by atomic mass is 10.2. The third-order valence-electron chi connectivity index (χ3n) is 3.23. The fourth-order valence-electron chi connectivity index (χ4n) is 2.09. The van der Waals surface area contributed by atoms with Gasteiger partial charge in [-0.05, 0) is 30.2 Å². The maximum atomic E-state index is 12.0. The highest BCUT2D eigenvalue weighted by Gasteiger charge is 2.13. The van der Waals surface area contributed by atoms with Crippen LogP contribution in [0.15, 0.2) is 24.3 Å². The van der Waals surface area contributed by atoms with Crippen molar-refractivity contribution in [2.45, 2.75) is 27.2 Å². The molecule has 0 saturated heterocycles. The quantitative estimate of drug-likeness (QED) is 0.782. The van der Waals surface area contributed by atoms with Crippen LogP contribution in [0.1, 0.15) is 37.6 Å². The standard InChI is InChI=1S/C17H24N2O4/c1-12(2)11-19(13(3)20)10-9-16(21)18-15-7-5-14(6-8-15)17(22)23-4/h5-8,12H,9-11H2,1-4H3,(H,18,21). The van der Waals surface area contributed by atoms with Crippen LogP contribution in [0.4, 0.5) is 5.69 Å². The van der Waals surface area contributed by atoms with Crippen molar-refractivity contribution >= 4 is 23.5 Å². The molecule has 0 fully saturated rings. The lowest BCUT2D eigenvalue weighted by Crippen LogP contribution is -2.34. The van der Waals surface area contributed by atoms with Crippen LogP contribution in [0.5, 0.6) is 0 Å². The predicted octanol–water partition coefficient (Wildman–Crippen LogP) is 2.31.